The highest BCUT2D eigenvalue weighted by molar-refractivity contribution is 7.90. The van der Waals surface area contributed by atoms with Crippen LogP contribution in [0.4, 0.5) is 0 Å². The molecule has 102 valence electrons. The molecule has 1 unspecified atom stereocenters. The van der Waals surface area contributed by atoms with Crippen LogP contribution in [0.1, 0.15) is 32.6 Å². The maximum absolute atomic E-state index is 11.4. The maximum Gasteiger partial charge on any atom is 0.220 e. The second kappa shape index (κ2) is 8.47. The van der Waals surface area contributed by atoms with Crippen molar-refractivity contribution >= 4 is 15.7 Å². The van der Waals surface area contributed by atoms with Gasteiger partial charge in [0.2, 0.25) is 5.91 Å². The number of carbonyl (C=O) groups excluding carboxylic acids is 1. The molecular weight excluding hydrogens is 240 g/mol. The van der Waals surface area contributed by atoms with Crippen LogP contribution < -0.4 is 11.1 Å². The fraction of sp³-hybridized carbons (Fsp3) is 0.909. The number of sulfone groups is 1. The predicted octanol–water partition coefficient (Wildman–Crippen LogP) is 0.302. The minimum atomic E-state index is -3.00. The SMILES string of the molecule is CCC(CCN)CCC(=O)NCCS(C)(=O)=O. The summed E-state index contributed by atoms with van der Waals surface area (Å²) in [6.07, 6.45) is 4.38. The molecule has 0 spiro atoms. The van der Waals surface area contributed by atoms with Gasteiger partial charge < -0.3 is 11.1 Å². The van der Waals surface area contributed by atoms with Gasteiger partial charge in [-0.3, -0.25) is 4.79 Å². The molecule has 0 heterocycles. The highest BCUT2D eigenvalue weighted by atomic mass is 32.2. The van der Waals surface area contributed by atoms with Gasteiger partial charge in [0.15, 0.2) is 0 Å². The normalized spacial score (nSPS) is 13.4. The van der Waals surface area contributed by atoms with Gasteiger partial charge in [0, 0.05) is 19.2 Å². The van der Waals surface area contributed by atoms with E-state index in [0.29, 0.717) is 18.9 Å². The van der Waals surface area contributed by atoms with Gasteiger partial charge in [-0.15, -0.1) is 0 Å². The second-order valence-corrected chi connectivity index (χ2v) is 6.63. The third kappa shape index (κ3) is 10.3. The van der Waals surface area contributed by atoms with Gasteiger partial charge in [0.05, 0.1) is 5.75 Å². The molecule has 3 N–H and O–H groups in total. The zero-order chi connectivity index (χ0) is 13.3. The summed E-state index contributed by atoms with van der Waals surface area (Å²) in [6, 6.07) is 0. The standard InChI is InChI=1S/C11H24N2O3S/c1-3-10(6-7-12)4-5-11(14)13-8-9-17(2,15)16/h10H,3-9,12H2,1-2H3,(H,13,14). The summed E-state index contributed by atoms with van der Waals surface area (Å²) in [7, 11) is -3.00. The van der Waals surface area contributed by atoms with E-state index < -0.39 is 9.84 Å². The molecule has 0 aliphatic heterocycles. The first-order valence-corrected chi connectivity index (χ1v) is 8.09. The Bertz CT molecular complexity index is 315. The van der Waals surface area contributed by atoms with Gasteiger partial charge in [0.1, 0.15) is 9.84 Å². The smallest absolute Gasteiger partial charge is 0.220 e. The van der Waals surface area contributed by atoms with Crippen molar-refractivity contribution in [2.45, 2.75) is 32.6 Å². The van der Waals surface area contributed by atoms with Crippen molar-refractivity contribution < 1.29 is 13.2 Å². The van der Waals surface area contributed by atoms with E-state index in [1.807, 2.05) is 0 Å². The molecule has 0 aromatic rings. The van der Waals surface area contributed by atoms with Crippen molar-refractivity contribution in [1.29, 1.82) is 0 Å². The Labute approximate surface area is 104 Å². The minimum absolute atomic E-state index is 0.00124. The summed E-state index contributed by atoms with van der Waals surface area (Å²) < 4.78 is 21.7. The highest BCUT2D eigenvalue weighted by Gasteiger charge is 2.09. The molecule has 1 atom stereocenters. The number of hydrogen-bond acceptors (Lipinski definition) is 4. The molecule has 0 saturated heterocycles. The van der Waals surface area contributed by atoms with Gasteiger partial charge in [-0.2, -0.15) is 0 Å². The van der Waals surface area contributed by atoms with E-state index >= 15 is 0 Å². The van der Waals surface area contributed by atoms with Crippen LogP contribution in [0.2, 0.25) is 0 Å². The average Bonchev–Trinajstić information content (AvgIpc) is 2.22. The lowest BCUT2D eigenvalue weighted by molar-refractivity contribution is -0.121. The maximum atomic E-state index is 11.4. The van der Waals surface area contributed by atoms with Crippen molar-refractivity contribution in [3.63, 3.8) is 0 Å². The summed E-state index contributed by atoms with van der Waals surface area (Å²) in [5, 5.41) is 2.61. The van der Waals surface area contributed by atoms with Crippen LogP contribution in [0.5, 0.6) is 0 Å². The fourth-order valence-electron chi connectivity index (χ4n) is 1.59. The molecule has 17 heavy (non-hydrogen) atoms. The Balaban J connectivity index is 3.72. The number of carbonyl (C=O) groups is 1. The summed E-state index contributed by atoms with van der Waals surface area (Å²) >= 11 is 0. The van der Waals surface area contributed by atoms with E-state index in [2.05, 4.69) is 12.2 Å². The third-order valence-corrected chi connectivity index (χ3v) is 3.67. The molecule has 5 nitrogen and oxygen atoms in total. The summed E-state index contributed by atoms with van der Waals surface area (Å²) in [6.45, 7) is 2.93. The van der Waals surface area contributed by atoms with Crippen LogP contribution in [0.25, 0.3) is 0 Å². The zero-order valence-corrected chi connectivity index (χ0v) is 11.6. The van der Waals surface area contributed by atoms with E-state index in [9.17, 15) is 13.2 Å². The largest absolute Gasteiger partial charge is 0.355 e. The second-order valence-electron chi connectivity index (χ2n) is 4.37. The number of amides is 1. The van der Waals surface area contributed by atoms with E-state index in [1.165, 1.54) is 0 Å². The van der Waals surface area contributed by atoms with E-state index in [4.69, 9.17) is 5.73 Å². The van der Waals surface area contributed by atoms with Crippen LogP contribution in [0, 0.1) is 5.92 Å². The van der Waals surface area contributed by atoms with Crippen molar-refractivity contribution in [3.05, 3.63) is 0 Å². The quantitative estimate of drug-likeness (QED) is 0.627. The highest BCUT2D eigenvalue weighted by Crippen LogP contribution is 2.14. The van der Waals surface area contributed by atoms with Crippen molar-refractivity contribution in [2.75, 3.05) is 25.1 Å². The van der Waals surface area contributed by atoms with Crippen LogP contribution in [-0.2, 0) is 14.6 Å². The molecule has 1 amide bonds. The molecule has 0 radical (unpaired) electrons. The summed E-state index contributed by atoms with van der Waals surface area (Å²) in [4.78, 5) is 11.4. The van der Waals surface area contributed by atoms with Gasteiger partial charge in [0.25, 0.3) is 0 Å². The number of nitrogens with two attached hydrogens (primary N) is 1. The lowest BCUT2D eigenvalue weighted by Crippen LogP contribution is -2.29. The fourth-order valence-corrected chi connectivity index (χ4v) is 2.06. The Hall–Kier alpha value is -0.620. The zero-order valence-electron chi connectivity index (χ0n) is 10.7. The Kier molecular flexibility index (Phi) is 8.16. The topological polar surface area (TPSA) is 89.3 Å². The first-order valence-electron chi connectivity index (χ1n) is 6.03. The molecule has 0 aliphatic rings. The Morgan fingerprint density at radius 1 is 1.35 bits per heavy atom. The Morgan fingerprint density at radius 3 is 2.47 bits per heavy atom. The average molecular weight is 264 g/mol. The van der Waals surface area contributed by atoms with Gasteiger partial charge in [-0.05, 0) is 25.3 Å². The van der Waals surface area contributed by atoms with E-state index in [1.54, 1.807) is 0 Å². The van der Waals surface area contributed by atoms with Crippen LogP contribution in [0.15, 0.2) is 0 Å². The van der Waals surface area contributed by atoms with Crippen molar-refractivity contribution in [3.8, 4) is 0 Å². The van der Waals surface area contributed by atoms with Gasteiger partial charge in [-0.25, -0.2) is 8.42 Å². The first kappa shape index (κ1) is 16.4. The lowest BCUT2D eigenvalue weighted by atomic mass is 9.96. The van der Waals surface area contributed by atoms with Crippen LogP contribution >= 0.6 is 0 Å². The van der Waals surface area contributed by atoms with Gasteiger partial charge in [-0.1, -0.05) is 13.3 Å². The number of rotatable bonds is 9. The van der Waals surface area contributed by atoms with Crippen molar-refractivity contribution in [1.82, 2.24) is 5.32 Å². The van der Waals surface area contributed by atoms with Crippen LogP contribution in [-0.4, -0.2) is 39.4 Å². The Morgan fingerprint density at radius 2 is 2.00 bits per heavy atom. The molecule has 0 aromatic heterocycles. The first-order chi connectivity index (χ1) is 7.89. The molecule has 0 fully saturated rings. The lowest BCUT2D eigenvalue weighted by Gasteiger charge is -2.13. The summed E-state index contributed by atoms with van der Waals surface area (Å²) in [5.41, 5.74) is 5.47. The number of nitrogens with one attached hydrogen (secondary N) is 1. The van der Waals surface area contributed by atoms with Gasteiger partial charge >= 0.3 is 0 Å². The van der Waals surface area contributed by atoms with Crippen molar-refractivity contribution in [2.24, 2.45) is 11.7 Å². The van der Waals surface area contributed by atoms with E-state index in [-0.39, 0.29) is 18.2 Å². The predicted molar refractivity (Wildman–Crippen MR) is 69.4 cm³/mol. The molecule has 0 aromatic carbocycles. The molecule has 0 saturated carbocycles. The molecule has 0 rings (SSSR count). The monoisotopic (exact) mass is 264 g/mol. The molecule has 6 heteroatoms. The summed E-state index contributed by atoms with van der Waals surface area (Å²) in [5.74, 6) is 0.406. The molecule has 0 aliphatic carbocycles. The number of hydrogen-bond donors (Lipinski definition) is 2. The van der Waals surface area contributed by atoms with E-state index in [0.717, 1.165) is 25.5 Å². The molecular formula is C11H24N2O3S. The minimum Gasteiger partial charge on any atom is -0.355 e. The molecule has 0 bridgehead atoms. The third-order valence-electron chi connectivity index (χ3n) is 2.73. The van der Waals surface area contributed by atoms with Crippen LogP contribution in [0.3, 0.4) is 0 Å².